The Hall–Kier alpha value is -1.10. The van der Waals surface area contributed by atoms with Crippen molar-refractivity contribution in [2.45, 2.75) is 38.0 Å². The molecule has 3 atom stereocenters. The zero-order valence-corrected chi connectivity index (χ0v) is 21.0. The largest absolute Gasteiger partial charge is 0.497 e. The number of hydrogen-bond donors (Lipinski definition) is 1. The second-order valence-electron chi connectivity index (χ2n) is 7.85. The number of aliphatic imine (C=N–C) groups is 1. The van der Waals surface area contributed by atoms with E-state index in [1.54, 1.807) is 7.11 Å². The standard InChI is InChI=1S/C22H36N4O3.HI/c1-5-23-22(26-12-14-29-21(16-26)20-7-6-13-28-20)24-15-19(25(2)3)17-8-10-18(27-4)11-9-17;/h8-11,19-21H,5-7,12-16H2,1-4H3,(H,23,24);1H. The highest BCUT2D eigenvalue weighted by atomic mass is 127. The smallest absolute Gasteiger partial charge is 0.194 e. The fourth-order valence-electron chi connectivity index (χ4n) is 3.98. The van der Waals surface area contributed by atoms with Crippen molar-refractivity contribution < 1.29 is 14.2 Å². The number of ether oxygens (including phenoxy) is 3. The number of benzene rings is 1. The summed E-state index contributed by atoms with van der Waals surface area (Å²) in [7, 11) is 5.89. The van der Waals surface area contributed by atoms with Crippen molar-refractivity contribution in [2.24, 2.45) is 4.99 Å². The van der Waals surface area contributed by atoms with Gasteiger partial charge in [-0.05, 0) is 51.6 Å². The molecule has 1 aromatic carbocycles. The number of rotatable bonds is 7. The molecule has 2 fully saturated rings. The quantitative estimate of drug-likeness (QED) is 0.331. The molecule has 0 aromatic heterocycles. The number of guanidine groups is 1. The van der Waals surface area contributed by atoms with Gasteiger partial charge in [-0.2, -0.15) is 0 Å². The minimum atomic E-state index is 0. The van der Waals surface area contributed by atoms with Crippen molar-refractivity contribution in [1.82, 2.24) is 15.1 Å². The Bertz CT molecular complexity index is 650. The van der Waals surface area contributed by atoms with E-state index in [0.29, 0.717) is 13.2 Å². The maximum atomic E-state index is 6.01. The molecule has 2 heterocycles. The van der Waals surface area contributed by atoms with Crippen LogP contribution in [0.4, 0.5) is 0 Å². The summed E-state index contributed by atoms with van der Waals surface area (Å²) in [6.45, 7) is 6.88. The molecule has 170 valence electrons. The summed E-state index contributed by atoms with van der Waals surface area (Å²) in [5, 5.41) is 3.47. The number of halogens is 1. The van der Waals surface area contributed by atoms with Gasteiger partial charge in [0.25, 0.3) is 0 Å². The summed E-state index contributed by atoms with van der Waals surface area (Å²) < 4.78 is 17.2. The van der Waals surface area contributed by atoms with Gasteiger partial charge in [0.15, 0.2) is 5.96 Å². The van der Waals surface area contributed by atoms with E-state index in [1.807, 2.05) is 12.1 Å². The molecule has 2 aliphatic rings. The third-order valence-corrected chi connectivity index (χ3v) is 5.65. The van der Waals surface area contributed by atoms with Crippen LogP contribution in [0.5, 0.6) is 5.75 Å². The molecule has 0 spiro atoms. The van der Waals surface area contributed by atoms with Gasteiger partial charge in [-0.25, -0.2) is 0 Å². The first-order valence-corrected chi connectivity index (χ1v) is 10.7. The fourth-order valence-corrected chi connectivity index (χ4v) is 3.98. The maximum absolute atomic E-state index is 6.01. The van der Waals surface area contributed by atoms with E-state index in [0.717, 1.165) is 50.8 Å². The van der Waals surface area contributed by atoms with E-state index in [9.17, 15) is 0 Å². The monoisotopic (exact) mass is 532 g/mol. The molecule has 1 N–H and O–H groups in total. The van der Waals surface area contributed by atoms with Crippen LogP contribution in [0.15, 0.2) is 29.3 Å². The average molecular weight is 532 g/mol. The molecule has 0 aliphatic carbocycles. The fraction of sp³-hybridized carbons (Fsp3) is 0.682. The molecule has 7 nitrogen and oxygen atoms in total. The average Bonchev–Trinajstić information content (AvgIpc) is 3.28. The SMILES string of the molecule is CCNC(=NCC(c1ccc(OC)cc1)N(C)C)N1CCOC(C2CCCO2)C1.I. The Labute approximate surface area is 198 Å². The molecule has 2 saturated heterocycles. The highest BCUT2D eigenvalue weighted by Crippen LogP contribution is 2.23. The topological polar surface area (TPSA) is 58.6 Å². The second kappa shape index (κ2) is 12.7. The van der Waals surface area contributed by atoms with Crippen LogP contribution in [0.2, 0.25) is 0 Å². The lowest BCUT2D eigenvalue weighted by Crippen LogP contribution is -2.53. The van der Waals surface area contributed by atoms with Gasteiger partial charge in [0.2, 0.25) is 0 Å². The molecule has 0 amide bonds. The van der Waals surface area contributed by atoms with Crippen molar-refractivity contribution in [3.8, 4) is 5.75 Å². The van der Waals surface area contributed by atoms with E-state index in [1.165, 1.54) is 5.56 Å². The normalized spacial score (nSPS) is 23.2. The van der Waals surface area contributed by atoms with E-state index in [4.69, 9.17) is 19.2 Å². The van der Waals surface area contributed by atoms with Gasteiger partial charge in [-0.3, -0.25) is 4.99 Å². The minimum Gasteiger partial charge on any atom is -0.497 e. The second-order valence-corrected chi connectivity index (χ2v) is 7.85. The minimum absolute atomic E-state index is 0. The van der Waals surface area contributed by atoms with Gasteiger partial charge in [0.1, 0.15) is 11.9 Å². The number of hydrogen-bond acceptors (Lipinski definition) is 5. The predicted molar refractivity (Wildman–Crippen MR) is 131 cm³/mol. The lowest BCUT2D eigenvalue weighted by atomic mass is 10.1. The third kappa shape index (κ3) is 6.70. The molecule has 8 heteroatoms. The summed E-state index contributed by atoms with van der Waals surface area (Å²) in [4.78, 5) is 9.53. The van der Waals surface area contributed by atoms with Crippen LogP contribution < -0.4 is 10.1 Å². The van der Waals surface area contributed by atoms with E-state index in [-0.39, 0.29) is 42.2 Å². The van der Waals surface area contributed by atoms with Crippen molar-refractivity contribution in [3.63, 3.8) is 0 Å². The van der Waals surface area contributed by atoms with Crippen molar-refractivity contribution in [2.75, 3.05) is 60.6 Å². The molecule has 3 rings (SSSR count). The number of nitrogens with one attached hydrogen (secondary N) is 1. The Balaban J connectivity index is 0.00000320. The predicted octanol–water partition coefficient (Wildman–Crippen LogP) is 2.76. The van der Waals surface area contributed by atoms with Crippen LogP contribution in [0.3, 0.4) is 0 Å². The molecular formula is C22H37IN4O3. The lowest BCUT2D eigenvalue weighted by Gasteiger charge is -2.37. The lowest BCUT2D eigenvalue weighted by molar-refractivity contribution is -0.0817. The summed E-state index contributed by atoms with van der Waals surface area (Å²) >= 11 is 0. The zero-order chi connectivity index (χ0) is 20.6. The molecule has 2 aliphatic heterocycles. The Morgan fingerprint density at radius 2 is 1.97 bits per heavy atom. The molecule has 0 radical (unpaired) electrons. The number of methoxy groups -OCH3 is 1. The Morgan fingerprint density at radius 3 is 2.57 bits per heavy atom. The summed E-state index contributed by atoms with van der Waals surface area (Å²) in [6.07, 6.45) is 2.56. The molecule has 30 heavy (non-hydrogen) atoms. The molecule has 3 unspecified atom stereocenters. The Kier molecular flexibility index (Phi) is 10.6. The van der Waals surface area contributed by atoms with Gasteiger partial charge >= 0.3 is 0 Å². The summed E-state index contributed by atoms with van der Waals surface area (Å²) in [5.41, 5.74) is 1.23. The van der Waals surface area contributed by atoms with Crippen molar-refractivity contribution in [3.05, 3.63) is 29.8 Å². The first kappa shape index (κ1) is 25.2. The number of likely N-dealkylation sites (N-methyl/N-ethyl adjacent to an activating group) is 1. The number of nitrogens with zero attached hydrogens (tertiary/aromatic N) is 3. The van der Waals surface area contributed by atoms with Gasteiger partial charge < -0.3 is 29.3 Å². The first-order chi connectivity index (χ1) is 14.1. The Morgan fingerprint density at radius 1 is 1.23 bits per heavy atom. The van der Waals surface area contributed by atoms with Crippen molar-refractivity contribution in [1.29, 1.82) is 0 Å². The van der Waals surface area contributed by atoms with Crippen LogP contribution in [0.25, 0.3) is 0 Å². The van der Waals surface area contributed by atoms with E-state index >= 15 is 0 Å². The van der Waals surface area contributed by atoms with E-state index in [2.05, 4.69) is 48.3 Å². The third-order valence-electron chi connectivity index (χ3n) is 5.65. The van der Waals surface area contributed by atoms with Crippen LogP contribution in [0, 0.1) is 0 Å². The van der Waals surface area contributed by atoms with Crippen LogP contribution in [0.1, 0.15) is 31.4 Å². The molecule has 1 aromatic rings. The highest BCUT2D eigenvalue weighted by molar-refractivity contribution is 14.0. The van der Waals surface area contributed by atoms with Crippen molar-refractivity contribution >= 4 is 29.9 Å². The van der Waals surface area contributed by atoms with Gasteiger partial charge in [0.05, 0.1) is 32.4 Å². The number of morpholine rings is 1. The summed E-state index contributed by atoms with van der Waals surface area (Å²) in [6, 6.07) is 8.45. The molecule has 0 saturated carbocycles. The molecular weight excluding hydrogens is 495 g/mol. The van der Waals surface area contributed by atoms with Crippen LogP contribution in [-0.2, 0) is 9.47 Å². The zero-order valence-electron chi connectivity index (χ0n) is 18.7. The van der Waals surface area contributed by atoms with Gasteiger partial charge in [0, 0.05) is 26.2 Å². The molecule has 0 bridgehead atoms. The maximum Gasteiger partial charge on any atom is 0.194 e. The van der Waals surface area contributed by atoms with Gasteiger partial charge in [-0.1, -0.05) is 12.1 Å². The highest BCUT2D eigenvalue weighted by Gasteiger charge is 2.32. The first-order valence-electron chi connectivity index (χ1n) is 10.7. The summed E-state index contributed by atoms with van der Waals surface area (Å²) in [5.74, 6) is 1.83. The van der Waals surface area contributed by atoms with Gasteiger partial charge in [-0.15, -0.1) is 24.0 Å². The van der Waals surface area contributed by atoms with Crippen LogP contribution >= 0.6 is 24.0 Å². The van der Waals surface area contributed by atoms with Crippen LogP contribution in [-0.4, -0.2) is 88.6 Å². The van der Waals surface area contributed by atoms with E-state index < -0.39 is 0 Å².